The number of rotatable bonds is 10. The van der Waals surface area contributed by atoms with Crippen LogP contribution in [-0.2, 0) is 19.6 Å². The molecule has 1 N–H and O–H groups in total. The number of methoxy groups -OCH3 is 1. The molecule has 1 aliphatic carbocycles. The minimum absolute atomic E-state index is 0.0666. The van der Waals surface area contributed by atoms with Crippen molar-refractivity contribution >= 4 is 32.6 Å². The SMILES string of the molecule is COc1cc2nccc(N3CCC(C4(CNS(=O)(=O)CC(=O)OC(C)(C)C)CC4)CC3)c2cc1OCF. The van der Waals surface area contributed by atoms with Crippen LogP contribution >= 0.6 is 0 Å². The average Bonchev–Trinajstić information content (AvgIpc) is 3.62. The van der Waals surface area contributed by atoms with Gasteiger partial charge in [-0.05, 0) is 69.9 Å². The van der Waals surface area contributed by atoms with Gasteiger partial charge in [0, 0.05) is 43.0 Å². The number of sulfonamides is 1. The summed E-state index contributed by atoms with van der Waals surface area (Å²) >= 11 is 0. The van der Waals surface area contributed by atoms with Gasteiger partial charge in [0.25, 0.3) is 0 Å². The van der Waals surface area contributed by atoms with Crippen LogP contribution < -0.4 is 19.1 Å². The molecule has 1 aliphatic heterocycles. The topological polar surface area (TPSA) is 107 Å². The number of ether oxygens (including phenoxy) is 3. The molecule has 4 rings (SSSR count). The third kappa shape index (κ3) is 6.62. The Kier molecular flexibility index (Phi) is 7.85. The number of alkyl halides is 1. The summed E-state index contributed by atoms with van der Waals surface area (Å²) in [5, 5.41) is 0.862. The van der Waals surface area contributed by atoms with Gasteiger partial charge in [-0.15, -0.1) is 0 Å². The van der Waals surface area contributed by atoms with Gasteiger partial charge in [-0.2, -0.15) is 0 Å². The fourth-order valence-corrected chi connectivity index (χ4v) is 6.18. The highest BCUT2D eigenvalue weighted by Crippen LogP contribution is 2.55. The Morgan fingerprint density at radius 1 is 1.22 bits per heavy atom. The lowest BCUT2D eigenvalue weighted by Gasteiger charge is -2.38. The molecule has 1 saturated heterocycles. The lowest BCUT2D eigenvalue weighted by atomic mass is 9.81. The highest BCUT2D eigenvalue weighted by Gasteiger charge is 2.50. The average molecular weight is 538 g/mol. The normalized spacial score (nSPS) is 18.0. The number of carbonyl (C=O) groups is 1. The Labute approximate surface area is 217 Å². The molecule has 0 radical (unpaired) electrons. The molecule has 11 heteroatoms. The van der Waals surface area contributed by atoms with Crippen LogP contribution in [0.2, 0.25) is 0 Å². The van der Waals surface area contributed by atoms with Crippen molar-refractivity contribution in [3.8, 4) is 11.5 Å². The summed E-state index contributed by atoms with van der Waals surface area (Å²) in [5.74, 6) is -0.283. The summed E-state index contributed by atoms with van der Waals surface area (Å²) in [4.78, 5) is 18.7. The Hall–Kier alpha value is -2.66. The third-order valence-corrected chi connectivity index (χ3v) is 8.38. The van der Waals surface area contributed by atoms with Gasteiger partial charge < -0.3 is 19.1 Å². The highest BCUT2D eigenvalue weighted by atomic mass is 32.2. The first-order valence-corrected chi connectivity index (χ1v) is 14.2. The van der Waals surface area contributed by atoms with Crippen molar-refractivity contribution in [2.45, 2.75) is 52.1 Å². The second kappa shape index (κ2) is 10.6. The van der Waals surface area contributed by atoms with Gasteiger partial charge in [-0.1, -0.05) is 0 Å². The van der Waals surface area contributed by atoms with E-state index in [2.05, 4.69) is 14.6 Å². The molecule has 1 aromatic carbocycles. The summed E-state index contributed by atoms with van der Waals surface area (Å²) in [5.41, 5.74) is 0.938. The van der Waals surface area contributed by atoms with Crippen molar-refractivity contribution in [1.82, 2.24) is 9.71 Å². The molecule has 2 heterocycles. The summed E-state index contributed by atoms with van der Waals surface area (Å²) < 4.78 is 56.2. The summed E-state index contributed by atoms with van der Waals surface area (Å²) in [7, 11) is -2.26. The summed E-state index contributed by atoms with van der Waals surface area (Å²) in [6, 6.07) is 5.47. The van der Waals surface area contributed by atoms with E-state index >= 15 is 0 Å². The fraction of sp³-hybridized carbons (Fsp3) is 0.615. The maximum atomic E-state index is 12.9. The van der Waals surface area contributed by atoms with Crippen molar-refractivity contribution in [2.75, 3.05) is 44.3 Å². The first-order valence-electron chi connectivity index (χ1n) is 12.5. The highest BCUT2D eigenvalue weighted by molar-refractivity contribution is 7.90. The molecular weight excluding hydrogens is 501 g/mol. The molecule has 0 spiro atoms. The number of benzene rings is 1. The van der Waals surface area contributed by atoms with Crippen molar-refractivity contribution < 1.29 is 31.8 Å². The first kappa shape index (κ1) is 27.4. The van der Waals surface area contributed by atoms with E-state index in [9.17, 15) is 17.6 Å². The van der Waals surface area contributed by atoms with Crippen molar-refractivity contribution in [1.29, 1.82) is 0 Å². The molecule has 0 unspecified atom stereocenters. The number of hydrogen-bond donors (Lipinski definition) is 1. The third-order valence-electron chi connectivity index (χ3n) is 7.18. The van der Waals surface area contributed by atoms with E-state index in [1.807, 2.05) is 6.07 Å². The summed E-state index contributed by atoms with van der Waals surface area (Å²) in [6.07, 6.45) is 5.52. The number of pyridine rings is 1. The minimum Gasteiger partial charge on any atom is -0.493 e. The lowest BCUT2D eigenvalue weighted by molar-refractivity contribution is -0.151. The largest absolute Gasteiger partial charge is 0.493 e. The van der Waals surface area contributed by atoms with E-state index in [-0.39, 0.29) is 5.41 Å². The molecule has 2 aliphatic rings. The van der Waals surface area contributed by atoms with E-state index in [1.165, 1.54) is 7.11 Å². The maximum absolute atomic E-state index is 12.9. The molecule has 2 aromatic rings. The number of fused-ring (bicyclic) bond motifs is 1. The summed E-state index contributed by atoms with van der Waals surface area (Å²) in [6.45, 7) is 6.12. The van der Waals surface area contributed by atoms with Gasteiger partial charge in [-0.3, -0.25) is 9.78 Å². The van der Waals surface area contributed by atoms with Crippen LogP contribution in [0.25, 0.3) is 10.9 Å². The molecular formula is C26H36FN3O6S. The van der Waals surface area contributed by atoms with Crippen molar-refractivity contribution in [3.05, 3.63) is 24.4 Å². The van der Waals surface area contributed by atoms with Gasteiger partial charge in [-0.25, -0.2) is 17.5 Å². The Morgan fingerprint density at radius 2 is 1.92 bits per heavy atom. The molecule has 0 amide bonds. The van der Waals surface area contributed by atoms with Gasteiger partial charge in [0.15, 0.2) is 17.3 Å². The van der Waals surface area contributed by atoms with E-state index in [4.69, 9.17) is 14.2 Å². The number of aromatic nitrogens is 1. The Morgan fingerprint density at radius 3 is 2.51 bits per heavy atom. The molecule has 37 heavy (non-hydrogen) atoms. The standard InChI is InChI=1S/C26H36FN3O6S/c1-25(2,3)36-24(31)15-37(32,33)29-16-26(8-9-26)18-6-11-30(12-7-18)21-5-10-28-20-14-22(34-4)23(35-17-27)13-19(20)21/h5,10,13-14,18,29H,6-9,11-12,15-17H2,1-4H3. The van der Waals surface area contributed by atoms with Gasteiger partial charge >= 0.3 is 5.97 Å². The molecule has 0 atom stereocenters. The fourth-order valence-electron chi connectivity index (χ4n) is 5.20. The van der Waals surface area contributed by atoms with Gasteiger partial charge in [0.1, 0.15) is 5.60 Å². The van der Waals surface area contributed by atoms with Crippen LogP contribution in [0.5, 0.6) is 11.5 Å². The quantitative estimate of drug-likeness (QED) is 0.456. The predicted molar refractivity (Wildman–Crippen MR) is 139 cm³/mol. The van der Waals surface area contributed by atoms with E-state index in [1.54, 1.807) is 39.1 Å². The van der Waals surface area contributed by atoms with E-state index in [0.717, 1.165) is 55.4 Å². The van der Waals surface area contributed by atoms with Crippen LogP contribution in [0.3, 0.4) is 0 Å². The number of esters is 1. The molecule has 1 aromatic heterocycles. The Balaban J connectivity index is 1.39. The molecule has 0 bridgehead atoms. The zero-order valence-electron chi connectivity index (χ0n) is 21.9. The second-order valence-corrected chi connectivity index (χ2v) is 12.7. The molecule has 204 valence electrons. The zero-order valence-corrected chi connectivity index (χ0v) is 22.7. The van der Waals surface area contributed by atoms with Crippen molar-refractivity contribution in [3.63, 3.8) is 0 Å². The lowest BCUT2D eigenvalue weighted by Crippen LogP contribution is -2.42. The molecule has 9 nitrogen and oxygen atoms in total. The smallest absolute Gasteiger partial charge is 0.323 e. The van der Waals surface area contributed by atoms with Crippen LogP contribution in [0.15, 0.2) is 24.4 Å². The number of hydrogen-bond acceptors (Lipinski definition) is 8. The number of anilines is 1. The van der Waals surface area contributed by atoms with Crippen molar-refractivity contribution in [2.24, 2.45) is 11.3 Å². The maximum Gasteiger partial charge on any atom is 0.323 e. The predicted octanol–water partition coefficient (Wildman–Crippen LogP) is 3.81. The zero-order chi connectivity index (χ0) is 26.8. The molecule has 2 fully saturated rings. The number of halogens is 1. The van der Waals surface area contributed by atoms with Crippen LogP contribution in [0.4, 0.5) is 10.1 Å². The van der Waals surface area contributed by atoms with Gasteiger partial charge in [0.05, 0.1) is 12.6 Å². The number of piperidine rings is 1. The van der Waals surface area contributed by atoms with Gasteiger partial charge in [0.2, 0.25) is 16.9 Å². The first-order chi connectivity index (χ1) is 17.5. The minimum atomic E-state index is -3.77. The monoisotopic (exact) mass is 537 g/mol. The van der Waals surface area contributed by atoms with E-state index in [0.29, 0.717) is 24.0 Å². The number of nitrogens with zero attached hydrogens (tertiary/aromatic N) is 2. The number of nitrogens with one attached hydrogen (secondary N) is 1. The van der Waals surface area contributed by atoms with Crippen LogP contribution in [-0.4, -0.2) is 64.3 Å². The van der Waals surface area contributed by atoms with Crippen LogP contribution in [0.1, 0.15) is 46.5 Å². The van der Waals surface area contributed by atoms with E-state index < -0.39 is 34.2 Å². The molecule has 1 saturated carbocycles. The number of carbonyl (C=O) groups excluding carboxylic acids is 1. The van der Waals surface area contributed by atoms with Crippen LogP contribution in [0, 0.1) is 11.3 Å². The second-order valence-electron chi connectivity index (χ2n) is 10.9. The Bertz CT molecular complexity index is 1230.